The second-order valence-electron chi connectivity index (χ2n) is 6.73. The minimum atomic E-state index is -0.456. The fourth-order valence-corrected chi connectivity index (χ4v) is 4.13. The summed E-state index contributed by atoms with van der Waals surface area (Å²) in [6, 6.07) is 6.65. The highest BCUT2D eigenvalue weighted by atomic mass is 32.1. The molecule has 0 bridgehead atoms. The first-order valence-electron chi connectivity index (χ1n) is 9.51. The number of ether oxygens (including phenoxy) is 2. The third-order valence-corrected chi connectivity index (χ3v) is 5.83. The molecule has 1 fully saturated rings. The van der Waals surface area contributed by atoms with Gasteiger partial charge >= 0.3 is 5.97 Å². The third kappa shape index (κ3) is 4.83. The van der Waals surface area contributed by atoms with Crippen LogP contribution in [0.4, 0.5) is 10.7 Å². The lowest BCUT2D eigenvalue weighted by atomic mass is 10.1. The van der Waals surface area contributed by atoms with Crippen LogP contribution in [0, 0.1) is 13.8 Å². The molecule has 1 aliphatic rings. The van der Waals surface area contributed by atoms with Gasteiger partial charge in [-0.2, -0.15) is 0 Å². The Morgan fingerprint density at radius 1 is 1.24 bits per heavy atom. The van der Waals surface area contributed by atoms with E-state index in [4.69, 9.17) is 9.47 Å². The zero-order valence-corrected chi connectivity index (χ0v) is 17.5. The molecule has 0 radical (unpaired) electrons. The highest BCUT2D eigenvalue weighted by molar-refractivity contribution is 7.16. The second-order valence-corrected chi connectivity index (χ2v) is 7.96. The Kier molecular flexibility index (Phi) is 6.66. The van der Waals surface area contributed by atoms with Crippen LogP contribution in [0.1, 0.15) is 50.9 Å². The van der Waals surface area contributed by atoms with Crippen LogP contribution in [-0.4, -0.2) is 37.1 Å². The quantitative estimate of drug-likeness (QED) is 0.697. The fourth-order valence-electron chi connectivity index (χ4n) is 3.08. The number of anilines is 2. The molecule has 2 aromatic rings. The van der Waals surface area contributed by atoms with Crippen molar-refractivity contribution >= 4 is 39.8 Å². The van der Waals surface area contributed by atoms with Crippen LogP contribution < -0.4 is 10.6 Å². The number of amides is 2. The summed E-state index contributed by atoms with van der Waals surface area (Å²) in [7, 11) is 0. The van der Waals surface area contributed by atoms with E-state index in [1.807, 2.05) is 13.8 Å². The molecule has 1 aliphatic heterocycles. The van der Waals surface area contributed by atoms with Gasteiger partial charge in [0.1, 0.15) is 11.1 Å². The number of benzene rings is 1. The molecule has 2 amide bonds. The van der Waals surface area contributed by atoms with Crippen LogP contribution >= 0.6 is 11.3 Å². The lowest BCUT2D eigenvalue weighted by molar-refractivity contribution is -0.124. The molecular weight excluding hydrogens is 392 g/mol. The van der Waals surface area contributed by atoms with Crippen LogP contribution in [0.2, 0.25) is 0 Å². The number of hydrogen-bond donors (Lipinski definition) is 2. The largest absolute Gasteiger partial charge is 0.462 e. The van der Waals surface area contributed by atoms with E-state index in [2.05, 4.69) is 10.6 Å². The second kappa shape index (κ2) is 9.19. The van der Waals surface area contributed by atoms with Crippen molar-refractivity contribution in [2.45, 2.75) is 39.7 Å². The van der Waals surface area contributed by atoms with Crippen molar-refractivity contribution in [2.24, 2.45) is 0 Å². The SMILES string of the molecule is CCOC(=O)c1c(NC(=O)c2cccc(NC(=O)C3CCCO3)c2)sc(C)c1C. The summed E-state index contributed by atoms with van der Waals surface area (Å²) < 4.78 is 10.5. The van der Waals surface area contributed by atoms with Gasteiger partial charge in [-0.25, -0.2) is 4.79 Å². The zero-order valence-electron chi connectivity index (χ0n) is 16.7. The Morgan fingerprint density at radius 3 is 2.72 bits per heavy atom. The van der Waals surface area contributed by atoms with Crippen molar-refractivity contribution in [2.75, 3.05) is 23.8 Å². The standard InChI is InChI=1S/C21H24N2O5S/c1-4-27-21(26)17-12(2)13(3)29-20(17)23-18(24)14-7-5-8-15(11-14)22-19(25)16-9-6-10-28-16/h5,7-8,11,16H,4,6,9-10H2,1-3H3,(H,22,25)(H,23,24). The first-order chi connectivity index (χ1) is 13.9. The highest BCUT2D eigenvalue weighted by Crippen LogP contribution is 2.33. The maximum atomic E-state index is 12.8. The van der Waals surface area contributed by atoms with Crippen LogP contribution in [0.15, 0.2) is 24.3 Å². The van der Waals surface area contributed by atoms with E-state index < -0.39 is 12.1 Å². The van der Waals surface area contributed by atoms with E-state index in [1.54, 1.807) is 31.2 Å². The predicted octanol–water partition coefficient (Wildman–Crippen LogP) is 3.91. The van der Waals surface area contributed by atoms with E-state index in [1.165, 1.54) is 11.3 Å². The van der Waals surface area contributed by atoms with Gasteiger partial charge in [0.05, 0.1) is 12.2 Å². The Balaban J connectivity index is 1.75. The topological polar surface area (TPSA) is 93.7 Å². The minimum Gasteiger partial charge on any atom is -0.462 e. The predicted molar refractivity (Wildman–Crippen MR) is 112 cm³/mol. The molecule has 1 aromatic carbocycles. The molecule has 1 unspecified atom stereocenters. The van der Waals surface area contributed by atoms with Gasteiger partial charge in [0.25, 0.3) is 11.8 Å². The summed E-state index contributed by atoms with van der Waals surface area (Å²) in [6.07, 6.45) is 1.11. The molecule has 2 N–H and O–H groups in total. The first-order valence-corrected chi connectivity index (χ1v) is 10.3. The van der Waals surface area contributed by atoms with Crippen molar-refractivity contribution in [1.82, 2.24) is 0 Å². The number of thiophene rings is 1. The van der Waals surface area contributed by atoms with Crippen molar-refractivity contribution in [1.29, 1.82) is 0 Å². The monoisotopic (exact) mass is 416 g/mol. The molecule has 1 saturated heterocycles. The third-order valence-electron chi connectivity index (χ3n) is 4.71. The molecule has 7 nitrogen and oxygen atoms in total. The summed E-state index contributed by atoms with van der Waals surface area (Å²) in [6.45, 7) is 6.30. The molecule has 1 atom stereocenters. The Hall–Kier alpha value is -2.71. The van der Waals surface area contributed by atoms with Crippen molar-refractivity contribution in [3.63, 3.8) is 0 Å². The summed E-state index contributed by atoms with van der Waals surface area (Å²) in [5.41, 5.74) is 2.06. The van der Waals surface area contributed by atoms with Gasteiger partial charge in [-0.05, 0) is 57.4 Å². The number of carbonyl (C=O) groups excluding carboxylic acids is 3. The van der Waals surface area contributed by atoms with Crippen molar-refractivity contribution in [3.8, 4) is 0 Å². The number of aryl methyl sites for hydroxylation is 1. The summed E-state index contributed by atoms with van der Waals surface area (Å²) in [4.78, 5) is 38.2. The summed E-state index contributed by atoms with van der Waals surface area (Å²) in [5, 5.41) is 6.05. The van der Waals surface area contributed by atoms with E-state index in [9.17, 15) is 14.4 Å². The lowest BCUT2D eigenvalue weighted by Gasteiger charge is -2.11. The number of nitrogens with one attached hydrogen (secondary N) is 2. The smallest absolute Gasteiger partial charge is 0.341 e. The number of hydrogen-bond acceptors (Lipinski definition) is 6. The Bertz CT molecular complexity index is 931. The van der Waals surface area contributed by atoms with Gasteiger partial charge in [-0.3, -0.25) is 9.59 Å². The number of carbonyl (C=O) groups is 3. The molecular formula is C21H24N2O5S. The molecule has 0 spiro atoms. The van der Waals surface area contributed by atoms with Gasteiger partial charge in [-0.15, -0.1) is 11.3 Å². The molecule has 3 rings (SSSR count). The Labute approximate surface area is 173 Å². The fraction of sp³-hybridized carbons (Fsp3) is 0.381. The van der Waals surface area contributed by atoms with Crippen LogP contribution in [0.3, 0.4) is 0 Å². The molecule has 29 heavy (non-hydrogen) atoms. The maximum absolute atomic E-state index is 12.8. The summed E-state index contributed by atoms with van der Waals surface area (Å²) in [5.74, 6) is -1.04. The highest BCUT2D eigenvalue weighted by Gasteiger charge is 2.24. The van der Waals surface area contributed by atoms with Gasteiger partial charge in [-0.1, -0.05) is 6.07 Å². The number of esters is 1. The Morgan fingerprint density at radius 2 is 2.03 bits per heavy atom. The molecule has 154 valence electrons. The molecule has 8 heteroatoms. The minimum absolute atomic E-state index is 0.214. The maximum Gasteiger partial charge on any atom is 0.341 e. The summed E-state index contributed by atoms with van der Waals surface area (Å²) >= 11 is 1.33. The number of rotatable bonds is 6. The van der Waals surface area contributed by atoms with Crippen LogP contribution in [-0.2, 0) is 14.3 Å². The molecule has 2 heterocycles. The average molecular weight is 416 g/mol. The van der Waals surface area contributed by atoms with Gasteiger partial charge in [0.15, 0.2) is 0 Å². The van der Waals surface area contributed by atoms with Crippen molar-refractivity contribution in [3.05, 3.63) is 45.8 Å². The van der Waals surface area contributed by atoms with Crippen molar-refractivity contribution < 1.29 is 23.9 Å². The lowest BCUT2D eigenvalue weighted by Crippen LogP contribution is -2.27. The zero-order chi connectivity index (χ0) is 21.0. The average Bonchev–Trinajstić information content (AvgIpc) is 3.31. The molecule has 0 aliphatic carbocycles. The van der Waals surface area contributed by atoms with E-state index in [-0.39, 0.29) is 18.4 Å². The van der Waals surface area contributed by atoms with E-state index >= 15 is 0 Å². The van der Waals surface area contributed by atoms with Crippen LogP contribution in [0.25, 0.3) is 0 Å². The normalized spacial score (nSPS) is 15.8. The van der Waals surface area contributed by atoms with E-state index in [0.29, 0.717) is 34.8 Å². The molecule has 0 saturated carbocycles. The van der Waals surface area contributed by atoms with E-state index in [0.717, 1.165) is 16.9 Å². The van der Waals surface area contributed by atoms with Gasteiger partial charge < -0.3 is 20.1 Å². The van der Waals surface area contributed by atoms with Gasteiger partial charge in [0.2, 0.25) is 0 Å². The molecule has 1 aromatic heterocycles. The van der Waals surface area contributed by atoms with Gasteiger partial charge in [0, 0.05) is 22.7 Å². The first kappa shape index (κ1) is 21.0. The van der Waals surface area contributed by atoms with Crippen LogP contribution in [0.5, 0.6) is 0 Å².